The Hall–Kier alpha value is -16.0. The Labute approximate surface area is 715 Å². The minimum Gasteiger partial charge on any atom is -0.309 e. The van der Waals surface area contributed by atoms with Crippen LogP contribution in [-0.2, 0) is 10.8 Å². The fraction of sp³-hybridized carbons (Fsp3) is 0.0526. The average molecular weight is 1590 g/mol. The largest absolute Gasteiger partial charge is 0.309 e. The third-order valence-electron chi connectivity index (χ3n) is 26.5. The van der Waals surface area contributed by atoms with Gasteiger partial charge in [-0.3, -0.25) is 9.13 Å². The second kappa shape index (κ2) is 27.2. The van der Waals surface area contributed by atoms with Gasteiger partial charge in [0.15, 0.2) is 23.3 Å². The Kier molecular flexibility index (Phi) is 15.6. The van der Waals surface area contributed by atoms with E-state index in [1.54, 1.807) is 0 Å². The molecule has 0 radical (unpaired) electrons. The van der Waals surface area contributed by atoms with E-state index >= 15 is 0 Å². The van der Waals surface area contributed by atoms with Crippen molar-refractivity contribution < 1.29 is 0 Å². The van der Waals surface area contributed by atoms with E-state index in [1.165, 1.54) is 77.2 Å². The SMILES string of the molecule is CC1(C)c2ccccc2-c2ccc(-c3nc(-c4ccc5c(c4)C(C)(C)c4ccc(-c6cccc(-c7ccc(-c8nc(-c9ccc(-c%10ccccc%10)cc9)nc(-n9c%10ccccc%10c%10cc%11c%12ccccc%12n(-c%12ccc(-c%13ccccc%13)cc%12)c%11cc%109)n8)cc7)c6)cc4-5)nc(-n4c5ccccc5c5cc6c7ccccc7n(-c7ccccc7)c6cc54)n3)cc21. The van der Waals surface area contributed by atoms with Gasteiger partial charge in [0.2, 0.25) is 11.9 Å². The van der Waals surface area contributed by atoms with Crippen LogP contribution < -0.4 is 0 Å². The quantitative estimate of drug-likeness (QED) is 0.121. The van der Waals surface area contributed by atoms with Crippen LogP contribution in [0.25, 0.3) is 223 Å². The molecule has 0 unspecified atom stereocenters. The van der Waals surface area contributed by atoms with E-state index in [4.69, 9.17) is 29.9 Å². The molecule has 6 aromatic heterocycles. The van der Waals surface area contributed by atoms with Crippen molar-refractivity contribution in [1.29, 1.82) is 0 Å². The highest BCUT2D eigenvalue weighted by atomic mass is 15.2. The molecule has 25 rings (SSSR count). The summed E-state index contributed by atoms with van der Waals surface area (Å²) in [5.41, 5.74) is 32.7. The van der Waals surface area contributed by atoms with Crippen LogP contribution >= 0.6 is 0 Å². The van der Waals surface area contributed by atoms with E-state index in [0.29, 0.717) is 35.2 Å². The van der Waals surface area contributed by atoms with Gasteiger partial charge in [0, 0.05) is 87.5 Å². The normalized spacial score (nSPS) is 13.1. The third-order valence-corrected chi connectivity index (χ3v) is 26.5. The first kappa shape index (κ1) is 70.9. The Morgan fingerprint density at radius 2 is 0.476 bits per heavy atom. The molecule has 17 aromatic carbocycles. The third kappa shape index (κ3) is 11.0. The molecule has 124 heavy (non-hydrogen) atoms. The molecule has 0 atom stereocenters. The standard InChI is InChI=1S/C114H76N10/c1-113(2)95-38-19-14-33-83(95)84-58-53-79(63-97(84)113)109-116-110(120-112(119-109)124-102-42-23-18-37-89(102)93-65-91-86-34-15-20-39-99(86)121(103(91)67-105(93)124)81-31-12-7-13-32-81)80-54-59-85-90-62-78(55-60-96(90)114(3,4)98(85)64-80)77-30-24-29-76(61-77)73-45-49-75(50-46-73)108-115-107(74-47-43-71(44-48-74)69-25-8-5-9-26-69)117-111(118-108)123-101-41-22-17-36-88(101)94-66-92-87-35-16-21-40-100(87)122(104(92)68-106(94)123)82-56-51-72(52-57-82)70-27-10-6-11-28-70/h5-68H,1-4H3. The smallest absolute Gasteiger partial charge is 0.238 e. The number of aromatic nitrogens is 10. The second-order valence-electron chi connectivity index (χ2n) is 34.2. The van der Waals surface area contributed by atoms with Crippen molar-refractivity contribution in [2.45, 2.75) is 38.5 Å². The highest BCUT2D eigenvalue weighted by molar-refractivity contribution is 6.21. The molecule has 10 nitrogen and oxygen atoms in total. The molecule has 23 aromatic rings. The summed E-state index contributed by atoms with van der Waals surface area (Å²) in [5.74, 6) is 3.44. The van der Waals surface area contributed by atoms with Crippen molar-refractivity contribution in [3.05, 3.63) is 411 Å². The zero-order chi connectivity index (χ0) is 82.2. The fourth-order valence-corrected chi connectivity index (χ4v) is 20.4. The maximum Gasteiger partial charge on any atom is 0.238 e. The lowest BCUT2D eigenvalue weighted by Crippen LogP contribution is -2.15. The van der Waals surface area contributed by atoms with Crippen molar-refractivity contribution in [2.75, 3.05) is 0 Å². The molecule has 0 amide bonds. The van der Waals surface area contributed by atoms with Crippen LogP contribution in [-0.4, -0.2) is 48.2 Å². The van der Waals surface area contributed by atoms with E-state index in [2.05, 4.69) is 434 Å². The fourth-order valence-electron chi connectivity index (χ4n) is 20.4. The summed E-state index contributed by atoms with van der Waals surface area (Å²) in [4.78, 5) is 33.2. The summed E-state index contributed by atoms with van der Waals surface area (Å²) < 4.78 is 9.29. The van der Waals surface area contributed by atoms with E-state index in [9.17, 15) is 0 Å². The van der Waals surface area contributed by atoms with Gasteiger partial charge >= 0.3 is 0 Å². The first-order valence-corrected chi connectivity index (χ1v) is 42.5. The second-order valence-corrected chi connectivity index (χ2v) is 34.2. The van der Waals surface area contributed by atoms with Crippen LogP contribution in [0.5, 0.6) is 0 Å². The molecule has 0 saturated carbocycles. The molecule has 10 heteroatoms. The zero-order valence-electron chi connectivity index (χ0n) is 68.4. The molecule has 582 valence electrons. The van der Waals surface area contributed by atoms with Gasteiger partial charge in [-0.15, -0.1) is 0 Å². The van der Waals surface area contributed by atoms with Crippen LogP contribution in [0, 0.1) is 0 Å². The van der Waals surface area contributed by atoms with Gasteiger partial charge in [-0.05, 0) is 186 Å². The Bertz CT molecular complexity index is 8380. The molecule has 2 aliphatic rings. The van der Waals surface area contributed by atoms with Gasteiger partial charge in [0.25, 0.3) is 0 Å². The van der Waals surface area contributed by atoms with Gasteiger partial charge in [-0.25, -0.2) is 9.97 Å². The van der Waals surface area contributed by atoms with E-state index in [-0.39, 0.29) is 10.8 Å². The van der Waals surface area contributed by atoms with Crippen molar-refractivity contribution in [1.82, 2.24) is 48.2 Å². The van der Waals surface area contributed by atoms with Crippen molar-refractivity contribution >= 4 is 87.2 Å². The molecular formula is C114H76N10. The summed E-state index contributed by atoms with van der Waals surface area (Å²) in [6, 6.07) is 141. The Morgan fingerprint density at radius 3 is 0.952 bits per heavy atom. The minimum absolute atomic E-state index is 0.237. The lowest BCUT2D eigenvalue weighted by molar-refractivity contribution is 0.660. The van der Waals surface area contributed by atoms with Gasteiger partial charge < -0.3 is 9.13 Å². The van der Waals surface area contributed by atoms with E-state index in [1.807, 2.05) is 0 Å². The van der Waals surface area contributed by atoms with Crippen molar-refractivity contribution in [2.24, 2.45) is 0 Å². The highest BCUT2D eigenvalue weighted by Crippen LogP contribution is 2.53. The molecule has 2 aliphatic carbocycles. The van der Waals surface area contributed by atoms with Gasteiger partial charge in [-0.1, -0.05) is 319 Å². The van der Waals surface area contributed by atoms with Gasteiger partial charge in [0.1, 0.15) is 0 Å². The minimum atomic E-state index is -0.361. The zero-order valence-corrected chi connectivity index (χ0v) is 68.4. The predicted molar refractivity (Wildman–Crippen MR) is 509 cm³/mol. The average Bonchev–Trinajstić information content (AvgIpc) is 1.57. The summed E-state index contributed by atoms with van der Waals surface area (Å²) in [6.45, 7) is 9.36. The molecule has 0 bridgehead atoms. The van der Waals surface area contributed by atoms with Crippen LogP contribution in [0.15, 0.2) is 388 Å². The monoisotopic (exact) mass is 1580 g/mol. The number of benzene rings is 17. The molecule has 0 fully saturated rings. The number of nitrogens with zero attached hydrogens (tertiary/aromatic N) is 10. The summed E-state index contributed by atoms with van der Waals surface area (Å²) in [6.07, 6.45) is 0. The number of hydrogen-bond donors (Lipinski definition) is 0. The maximum absolute atomic E-state index is 5.65. The molecule has 0 N–H and O–H groups in total. The van der Waals surface area contributed by atoms with Crippen LogP contribution in [0.4, 0.5) is 0 Å². The van der Waals surface area contributed by atoms with Gasteiger partial charge in [0.05, 0.1) is 44.1 Å². The summed E-state index contributed by atoms with van der Waals surface area (Å²) in [7, 11) is 0. The number of fused-ring (bicyclic) bond motifs is 18. The molecule has 6 heterocycles. The molecule has 0 aliphatic heterocycles. The lowest BCUT2D eigenvalue weighted by Gasteiger charge is -2.22. The lowest BCUT2D eigenvalue weighted by atomic mass is 9.81. The number of rotatable bonds is 12. The number of para-hydroxylation sites is 5. The summed E-state index contributed by atoms with van der Waals surface area (Å²) >= 11 is 0. The summed E-state index contributed by atoms with van der Waals surface area (Å²) in [5, 5.41) is 9.22. The Morgan fingerprint density at radius 1 is 0.169 bits per heavy atom. The Balaban J connectivity index is 0.580. The molecule has 0 spiro atoms. The van der Waals surface area contributed by atoms with Crippen molar-refractivity contribution in [3.63, 3.8) is 0 Å². The van der Waals surface area contributed by atoms with Gasteiger partial charge in [-0.2, -0.15) is 19.9 Å². The maximum atomic E-state index is 5.65. The van der Waals surface area contributed by atoms with Crippen LogP contribution in [0.2, 0.25) is 0 Å². The van der Waals surface area contributed by atoms with Crippen molar-refractivity contribution in [3.8, 4) is 136 Å². The molecule has 0 saturated heterocycles. The van der Waals surface area contributed by atoms with E-state index < -0.39 is 0 Å². The highest BCUT2D eigenvalue weighted by Gasteiger charge is 2.38. The van der Waals surface area contributed by atoms with Crippen LogP contribution in [0.1, 0.15) is 49.9 Å². The topological polar surface area (TPSA) is 97.1 Å². The predicted octanol–water partition coefficient (Wildman–Crippen LogP) is 28.4. The van der Waals surface area contributed by atoms with Crippen LogP contribution in [0.3, 0.4) is 0 Å². The first-order chi connectivity index (χ1) is 60.9. The van der Waals surface area contributed by atoms with E-state index in [0.717, 1.165) is 133 Å². The molecular weight excluding hydrogens is 1510 g/mol. The first-order valence-electron chi connectivity index (χ1n) is 42.5. The number of hydrogen-bond acceptors (Lipinski definition) is 6.